The summed E-state index contributed by atoms with van der Waals surface area (Å²) in [7, 11) is 0. The topological polar surface area (TPSA) is 138 Å². The maximum Gasteiger partial charge on any atom is 0.325 e. The number of rotatable bonds is 12. The predicted octanol–water partition coefficient (Wildman–Crippen LogP) is 0.290. The largest absolute Gasteiger partial charge is 0.463 e. The summed E-state index contributed by atoms with van der Waals surface area (Å²) >= 11 is 0. The van der Waals surface area contributed by atoms with Gasteiger partial charge in [0.05, 0.1) is 19.1 Å². The Morgan fingerprint density at radius 2 is 1.43 bits per heavy atom. The molecule has 0 amide bonds. The number of carbonyl (C=O) groups excluding carboxylic acids is 1. The molecule has 1 aromatic heterocycles. The van der Waals surface area contributed by atoms with Gasteiger partial charge in [-0.25, -0.2) is 0 Å². The third-order valence-electron chi connectivity index (χ3n) is 4.94. The van der Waals surface area contributed by atoms with Gasteiger partial charge in [-0.15, -0.1) is 15.0 Å². The van der Waals surface area contributed by atoms with Crippen molar-refractivity contribution in [3.8, 4) is 18.0 Å². The van der Waals surface area contributed by atoms with Crippen molar-refractivity contribution in [2.24, 2.45) is 5.92 Å². The molecule has 1 N–H and O–H groups in total. The molecule has 0 aromatic carbocycles. The van der Waals surface area contributed by atoms with Gasteiger partial charge >= 0.3 is 24.0 Å². The number of aliphatic hydroxyl groups is 1. The second-order valence-corrected chi connectivity index (χ2v) is 7.65. The van der Waals surface area contributed by atoms with E-state index in [0.29, 0.717) is 26.4 Å². The lowest BCUT2D eigenvalue weighted by atomic mass is 9.89. The first-order valence-corrected chi connectivity index (χ1v) is 10.4. The summed E-state index contributed by atoms with van der Waals surface area (Å²) in [6, 6.07) is 0.0296. The molecule has 0 spiro atoms. The van der Waals surface area contributed by atoms with Crippen molar-refractivity contribution in [2.45, 2.75) is 50.4 Å². The minimum atomic E-state index is -1.01. The number of hydrogen-bond donors (Lipinski definition) is 1. The average molecular weight is 425 g/mol. The summed E-state index contributed by atoms with van der Waals surface area (Å²) in [6.45, 7) is 1.61. The van der Waals surface area contributed by atoms with E-state index < -0.39 is 6.10 Å². The molecule has 3 unspecified atom stereocenters. The molecule has 1 aromatic rings. The number of epoxide rings is 2. The number of aromatic nitrogens is 3. The molecule has 2 aliphatic heterocycles. The summed E-state index contributed by atoms with van der Waals surface area (Å²) in [4.78, 5) is 24.3. The van der Waals surface area contributed by atoms with E-state index in [1.807, 2.05) is 0 Å². The summed E-state index contributed by atoms with van der Waals surface area (Å²) in [5.41, 5.74) is 0. The molecule has 3 fully saturated rings. The number of esters is 1. The molecular weight excluding hydrogens is 398 g/mol. The van der Waals surface area contributed by atoms with Crippen LogP contribution >= 0.6 is 0 Å². The molecule has 3 aliphatic rings. The number of hydrogen-bond acceptors (Lipinski definition) is 11. The zero-order chi connectivity index (χ0) is 20.8. The maximum atomic E-state index is 12.1. The molecule has 2 saturated heterocycles. The highest BCUT2D eigenvalue weighted by atomic mass is 16.6. The minimum Gasteiger partial charge on any atom is -0.463 e. The van der Waals surface area contributed by atoms with Gasteiger partial charge in [0.25, 0.3) is 0 Å². The van der Waals surface area contributed by atoms with Crippen molar-refractivity contribution in [3.05, 3.63) is 0 Å². The number of nitrogens with zero attached hydrogens (tertiary/aromatic N) is 3. The van der Waals surface area contributed by atoms with Crippen LogP contribution in [0.15, 0.2) is 0 Å². The zero-order valence-electron chi connectivity index (χ0n) is 16.7. The molecule has 30 heavy (non-hydrogen) atoms. The van der Waals surface area contributed by atoms with Crippen LogP contribution in [0, 0.1) is 5.92 Å². The highest BCUT2D eigenvalue weighted by Gasteiger charge is 2.26. The number of ether oxygens (including phenoxy) is 6. The quantitative estimate of drug-likeness (QED) is 0.365. The molecular formula is C19H27N3O8. The van der Waals surface area contributed by atoms with E-state index in [1.54, 1.807) is 0 Å². The van der Waals surface area contributed by atoms with Crippen LogP contribution in [-0.4, -0.2) is 84.0 Å². The van der Waals surface area contributed by atoms with Gasteiger partial charge in [-0.3, -0.25) is 4.79 Å². The molecule has 0 bridgehead atoms. The fourth-order valence-electron chi connectivity index (χ4n) is 3.03. The summed E-state index contributed by atoms with van der Waals surface area (Å²) in [5.74, 6) is -0.328. The fourth-order valence-corrected chi connectivity index (χ4v) is 3.03. The number of carbonyl (C=O) groups is 1. The monoisotopic (exact) mass is 425 g/mol. The fraction of sp³-hybridized carbons (Fsp3) is 0.789. The van der Waals surface area contributed by atoms with Gasteiger partial charge in [-0.2, -0.15) is 0 Å². The van der Waals surface area contributed by atoms with Crippen LogP contribution < -0.4 is 14.2 Å². The first-order chi connectivity index (χ1) is 14.7. The standard InChI is InChI=1S/C19H27N3O8/c23-13(6-27-16(24)12-4-2-1-3-5-12)7-28-17-20-18(29-10-14-8-25-14)22-19(21-17)30-11-15-9-26-15/h12-15,23H,1-11H2. The van der Waals surface area contributed by atoms with Crippen LogP contribution in [0.4, 0.5) is 0 Å². The van der Waals surface area contributed by atoms with E-state index in [-0.39, 0.29) is 55.3 Å². The first-order valence-electron chi connectivity index (χ1n) is 10.4. The van der Waals surface area contributed by atoms with E-state index >= 15 is 0 Å². The first kappa shape index (κ1) is 21.0. The highest BCUT2D eigenvalue weighted by molar-refractivity contribution is 5.72. The molecule has 1 aliphatic carbocycles. The van der Waals surface area contributed by atoms with Gasteiger partial charge in [0.2, 0.25) is 0 Å². The van der Waals surface area contributed by atoms with Crippen LogP contribution in [0.2, 0.25) is 0 Å². The van der Waals surface area contributed by atoms with Gasteiger partial charge in [0, 0.05) is 0 Å². The summed E-state index contributed by atoms with van der Waals surface area (Å²) in [5, 5.41) is 10.1. The highest BCUT2D eigenvalue weighted by Crippen LogP contribution is 2.24. The SMILES string of the molecule is O=C(OCC(O)COc1nc(OCC2CO2)nc(OCC2CO2)n1)C1CCCCC1. The minimum absolute atomic E-state index is 0.0380. The van der Waals surface area contributed by atoms with Gasteiger partial charge in [0.15, 0.2) is 0 Å². The smallest absolute Gasteiger partial charge is 0.325 e. The van der Waals surface area contributed by atoms with E-state index in [2.05, 4.69) is 15.0 Å². The summed E-state index contributed by atoms with van der Waals surface area (Å²) in [6.07, 6.45) is 4.00. The second kappa shape index (κ2) is 10.2. The Bertz CT molecular complexity index is 673. The van der Waals surface area contributed by atoms with Gasteiger partial charge in [-0.1, -0.05) is 19.3 Å². The van der Waals surface area contributed by atoms with Crippen molar-refractivity contribution < 1.29 is 38.3 Å². The molecule has 0 radical (unpaired) electrons. The van der Waals surface area contributed by atoms with Gasteiger partial charge < -0.3 is 33.5 Å². The Hall–Kier alpha value is -2.24. The van der Waals surface area contributed by atoms with Crippen molar-refractivity contribution in [1.29, 1.82) is 0 Å². The van der Waals surface area contributed by atoms with Crippen LogP contribution in [0.3, 0.4) is 0 Å². The Morgan fingerprint density at radius 1 is 0.900 bits per heavy atom. The van der Waals surface area contributed by atoms with Gasteiger partial charge in [0.1, 0.15) is 44.7 Å². The predicted molar refractivity (Wildman–Crippen MR) is 99.3 cm³/mol. The van der Waals surface area contributed by atoms with Crippen molar-refractivity contribution in [1.82, 2.24) is 15.0 Å². The number of aliphatic hydroxyl groups excluding tert-OH is 1. The maximum absolute atomic E-state index is 12.1. The molecule has 3 heterocycles. The Kier molecular flexibility index (Phi) is 7.13. The van der Waals surface area contributed by atoms with E-state index in [4.69, 9.17) is 28.4 Å². The molecule has 3 atom stereocenters. The average Bonchev–Trinajstić information content (AvgIpc) is 3.69. The Balaban J connectivity index is 1.25. The van der Waals surface area contributed by atoms with Crippen LogP contribution in [-0.2, 0) is 19.0 Å². The molecule has 11 nitrogen and oxygen atoms in total. The third kappa shape index (κ3) is 6.92. The van der Waals surface area contributed by atoms with Crippen LogP contribution in [0.25, 0.3) is 0 Å². The molecule has 4 rings (SSSR count). The van der Waals surface area contributed by atoms with Crippen LogP contribution in [0.5, 0.6) is 18.0 Å². The second-order valence-electron chi connectivity index (χ2n) is 7.65. The zero-order valence-corrected chi connectivity index (χ0v) is 16.7. The Morgan fingerprint density at radius 3 is 1.97 bits per heavy atom. The molecule has 1 saturated carbocycles. The normalized spacial score (nSPS) is 24.0. The molecule has 166 valence electrons. The summed E-state index contributed by atoms with van der Waals surface area (Å²) < 4.78 is 31.8. The van der Waals surface area contributed by atoms with Gasteiger partial charge in [-0.05, 0) is 12.8 Å². The Labute approximate surface area is 174 Å². The van der Waals surface area contributed by atoms with E-state index in [9.17, 15) is 9.90 Å². The van der Waals surface area contributed by atoms with Crippen molar-refractivity contribution >= 4 is 5.97 Å². The van der Waals surface area contributed by atoms with Crippen LogP contribution in [0.1, 0.15) is 32.1 Å². The molecule has 11 heteroatoms. The third-order valence-corrected chi connectivity index (χ3v) is 4.94. The van der Waals surface area contributed by atoms with Crippen molar-refractivity contribution in [3.63, 3.8) is 0 Å². The lowest BCUT2D eigenvalue weighted by Crippen LogP contribution is -2.28. The van der Waals surface area contributed by atoms with E-state index in [1.165, 1.54) is 0 Å². The lowest BCUT2D eigenvalue weighted by Gasteiger charge is -2.20. The van der Waals surface area contributed by atoms with Crippen molar-refractivity contribution in [2.75, 3.05) is 39.6 Å². The lowest BCUT2D eigenvalue weighted by molar-refractivity contribution is -0.153. The van der Waals surface area contributed by atoms with E-state index in [0.717, 1.165) is 32.1 Å².